The summed E-state index contributed by atoms with van der Waals surface area (Å²) in [5, 5.41) is 3.08. The van der Waals surface area contributed by atoms with Crippen LogP contribution >= 0.6 is 0 Å². The minimum absolute atomic E-state index is 0.0844. The average Bonchev–Trinajstić information content (AvgIpc) is 2.82. The van der Waals surface area contributed by atoms with E-state index in [1.54, 1.807) is 4.90 Å². The van der Waals surface area contributed by atoms with E-state index in [1.807, 2.05) is 32.0 Å². The van der Waals surface area contributed by atoms with Crippen LogP contribution in [0.15, 0.2) is 47.4 Å². The van der Waals surface area contributed by atoms with E-state index in [0.29, 0.717) is 24.7 Å². The fourth-order valence-electron chi connectivity index (χ4n) is 4.02. The summed E-state index contributed by atoms with van der Waals surface area (Å²) in [6, 6.07) is 10.1. The molecule has 0 saturated carbocycles. The maximum atomic E-state index is 13.5. The lowest BCUT2D eigenvalue weighted by molar-refractivity contribution is 0.165. The Balaban J connectivity index is 1.40. The van der Waals surface area contributed by atoms with Gasteiger partial charge in [0.25, 0.3) is 0 Å². The van der Waals surface area contributed by atoms with Gasteiger partial charge in [-0.1, -0.05) is 26.0 Å². The van der Waals surface area contributed by atoms with Crippen LogP contribution in [0.1, 0.15) is 25.5 Å². The fourth-order valence-corrected chi connectivity index (χ4v) is 5.47. The second-order valence-corrected chi connectivity index (χ2v) is 10.4. The zero-order chi connectivity index (χ0) is 23.6. The van der Waals surface area contributed by atoms with Gasteiger partial charge < -0.3 is 19.7 Å². The number of hydrogen-bond donors (Lipinski definition) is 1. The summed E-state index contributed by atoms with van der Waals surface area (Å²) in [5.74, 6) is 0.864. The number of nitrogens with one attached hydrogen (secondary N) is 1. The Morgan fingerprint density at radius 2 is 1.70 bits per heavy atom. The number of halogens is 1. The number of carbonyl (C=O) groups is 1. The highest BCUT2D eigenvalue weighted by atomic mass is 32.2. The number of hydrogen-bond acceptors (Lipinski definition) is 5. The van der Waals surface area contributed by atoms with E-state index in [9.17, 15) is 17.6 Å². The van der Waals surface area contributed by atoms with Gasteiger partial charge in [-0.2, -0.15) is 4.31 Å². The lowest BCUT2D eigenvalue weighted by Gasteiger charge is -2.35. The van der Waals surface area contributed by atoms with Crippen molar-refractivity contribution in [2.24, 2.45) is 5.92 Å². The van der Waals surface area contributed by atoms with E-state index >= 15 is 0 Å². The summed E-state index contributed by atoms with van der Waals surface area (Å²) >= 11 is 0. The molecular formula is C23H28FN3O5S. The summed E-state index contributed by atoms with van der Waals surface area (Å²) in [5.41, 5.74) is 0.912. The molecule has 0 aliphatic carbocycles. The highest BCUT2D eigenvalue weighted by Gasteiger charge is 2.31. The minimum atomic E-state index is -3.81. The van der Waals surface area contributed by atoms with E-state index in [2.05, 4.69) is 5.32 Å². The summed E-state index contributed by atoms with van der Waals surface area (Å²) in [6.45, 7) is 5.80. The first kappa shape index (κ1) is 23.3. The van der Waals surface area contributed by atoms with Crippen molar-refractivity contribution in [3.63, 3.8) is 0 Å². The molecule has 10 heteroatoms. The molecule has 2 aliphatic rings. The lowest BCUT2D eigenvalue weighted by atomic mass is 9.95. The van der Waals surface area contributed by atoms with Crippen molar-refractivity contribution in [1.82, 2.24) is 14.5 Å². The maximum Gasteiger partial charge on any atom is 0.317 e. The minimum Gasteiger partial charge on any atom is -0.486 e. The molecule has 1 fully saturated rings. The normalized spacial score (nSPS) is 17.6. The number of piperazine rings is 1. The van der Waals surface area contributed by atoms with Gasteiger partial charge in [0.05, 0.1) is 10.9 Å². The predicted octanol–water partition coefficient (Wildman–Crippen LogP) is 3.01. The van der Waals surface area contributed by atoms with Gasteiger partial charge in [0.1, 0.15) is 19.0 Å². The molecule has 4 rings (SSSR count). The summed E-state index contributed by atoms with van der Waals surface area (Å²) in [6.07, 6.45) is 0. The third-order valence-electron chi connectivity index (χ3n) is 5.83. The predicted molar refractivity (Wildman–Crippen MR) is 120 cm³/mol. The second-order valence-electron chi connectivity index (χ2n) is 8.42. The Bertz CT molecular complexity index is 1120. The van der Waals surface area contributed by atoms with Crippen molar-refractivity contribution >= 4 is 16.1 Å². The summed E-state index contributed by atoms with van der Waals surface area (Å²) in [7, 11) is -3.81. The van der Waals surface area contributed by atoms with Gasteiger partial charge in [-0.05, 0) is 41.8 Å². The Kier molecular flexibility index (Phi) is 6.76. The molecular weight excluding hydrogens is 449 g/mol. The van der Waals surface area contributed by atoms with Crippen LogP contribution < -0.4 is 14.8 Å². The smallest absolute Gasteiger partial charge is 0.317 e. The Hall–Kier alpha value is -2.85. The number of sulfonamides is 1. The number of carbonyl (C=O) groups excluding carboxylic acids is 1. The van der Waals surface area contributed by atoms with Gasteiger partial charge >= 0.3 is 6.03 Å². The molecule has 1 N–H and O–H groups in total. The van der Waals surface area contributed by atoms with Crippen LogP contribution in [0, 0.1) is 11.7 Å². The number of amides is 2. The molecule has 0 spiro atoms. The molecule has 8 nitrogen and oxygen atoms in total. The molecule has 2 aromatic carbocycles. The van der Waals surface area contributed by atoms with E-state index in [-0.39, 0.29) is 49.1 Å². The molecule has 1 atom stereocenters. The molecule has 2 amide bonds. The van der Waals surface area contributed by atoms with Gasteiger partial charge in [-0.3, -0.25) is 0 Å². The fraction of sp³-hybridized carbons (Fsp3) is 0.435. The molecule has 2 heterocycles. The number of fused-ring (bicyclic) bond motifs is 1. The molecule has 0 bridgehead atoms. The van der Waals surface area contributed by atoms with Crippen LogP contribution in [0.5, 0.6) is 11.5 Å². The zero-order valence-electron chi connectivity index (χ0n) is 18.7. The maximum absolute atomic E-state index is 13.5. The van der Waals surface area contributed by atoms with Crippen LogP contribution in [0.2, 0.25) is 0 Å². The molecule has 178 valence electrons. The number of urea groups is 1. The van der Waals surface area contributed by atoms with Crippen molar-refractivity contribution in [3.8, 4) is 11.5 Å². The molecule has 0 radical (unpaired) electrons. The standard InChI is InChI=1S/C23H28FN3O5S/c1-16(2)22(17-6-7-20-21(14-17)32-13-12-31-20)25-23(28)26-8-10-27(11-9-26)33(29,30)19-5-3-4-18(24)15-19/h3-7,14-16,22H,8-13H2,1-2H3,(H,25,28). The van der Waals surface area contributed by atoms with Crippen LogP contribution in [-0.4, -0.2) is 63.0 Å². The van der Waals surface area contributed by atoms with Crippen LogP contribution in [0.25, 0.3) is 0 Å². The third kappa shape index (κ3) is 5.06. The van der Waals surface area contributed by atoms with Crippen LogP contribution in [0.4, 0.5) is 9.18 Å². The van der Waals surface area contributed by atoms with E-state index in [1.165, 1.54) is 22.5 Å². The molecule has 1 saturated heterocycles. The molecule has 2 aromatic rings. The first-order valence-electron chi connectivity index (χ1n) is 11.0. The highest BCUT2D eigenvalue weighted by molar-refractivity contribution is 7.89. The number of ether oxygens (including phenoxy) is 2. The highest BCUT2D eigenvalue weighted by Crippen LogP contribution is 2.34. The average molecular weight is 478 g/mol. The van der Waals surface area contributed by atoms with Gasteiger partial charge in [-0.25, -0.2) is 17.6 Å². The van der Waals surface area contributed by atoms with Gasteiger partial charge in [0, 0.05) is 26.2 Å². The van der Waals surface area contributed by atoms with Crippen molar-refractivity contribution in [2.45, 2.75) is 24.8 Å². The molecule has 33 heavy (non-hydrogen) atoms. The first-order valence-corrected chi connectivity index (χ1v) is 12.4. The Morgan fingerprint density at radius 1 is 1.00 bits per heavy atom. The molecule has 2 aliphatic heterocycles. The van der Waals surface area contributed by atoms with Gasteiger partial charge in [0.15, 0.2) is 11.5 Å². The van der Waals surface area contributed by atoms with Crippen molar-refractivity contribution in [2.75, 3.05) is 39.4 Å². The van der Waals surface area contributed by atoms with E-state index in [0.717, 1.165) is 11.6 Å². The van der Waals surface area contributed by atoms with Gasteiger partial charge in [0.2, 0.25) is 10.0 Å². The summed E-state index contributed by atoms with van der Waals surface area (Å²) < 4.78 is 51.6. The largest absolute Gasteiger partial charge is 0.486 e. The van der Waals surface area contributed by atoms with E-state index in [4.69, 9.17) is 9.47 Å². The van der Waals surface area contributed by atoms with E-state index < -0.39 is 15.8 Å². The Labute approximate surface area is 193 Å². The SMILES string of the molecule is CC(C)C(NC(=O)N1CCN(S(=O)(=O)c2cccc(F)c2)CC1)c1ccc2c(c1)OCCO2. The van der Waals surface area contributed by atoms with Crippen molar-refractivity contribution in [1.29, 1.82) is 0 Å². The van der Waals surface area contributed by atoms with Crippen LogP contribution in [0.3, 0.4) is 0 Å². The quantitative estimate of drug-likeness (QED) is 0.715. The molecule has 1 unspecified atom stereocenters. The lowest BCUT2D eigenvalue weighted by Crippen LogP contribution is -2.53. The Morgan fingerprint density at radius 3 is 2.36 bits per heavy atom. The first-order chi connectivity index (χ1) is 15.8. The number of rotatable bonds is 5. The topological polar surface area (TPSA) is 88.2 Å². The third-order valence-corrected chi connectivity index (χ3v) is 7.73. The van der Waals surface area contributed by atoms with Crippen molar-refractivity contribution < 1.29 is 27.1 Å². The van der Waals surface area contributed by atoms with Crippen molar-refractivity contribution in [3.05, 3.63) is 53.8 Å². The second kappa shape index (κ2) is 9.56. The summed E-state index contributed by atoms with van der Waals surface area (Å²) in [4.78, 5) is 14.5. The van der Waals surface area contributed by atoms with Crippen LogP contribution in [-0.2, 0) is 10.0 Å². The molecule has 0 aromatic heterocycles. The number of nitrogens with zero attached hydrogens (tertiary/aromatic N) is 2. The van der Waals surface area contributed by atoms with Gasteiger partial charge in [-0.15, -0.1) is 0 Å². The number of benzene rings is 2. The monoisotopic (exact) mass is 477 g/mol. The zero-order valence-corrected chi connectivity index (χ0v) is 19.5.